The van der Waals surface area contributed by atoms with Gasteiger partial charge in [0.25, 0.3) is 0 Å². The summed E-state index contributed by atoms with van der Waals surface area (Å²) in [6.45, 7) is -0.442. The number of nitrogens with zero attached hydrogens (tertiary/aromatic N) is 1. The highest BCUT2D eigenvalue weighted by molar-refractivity contribution is 6.24. The number of para-hydroxylation sites is 1. The van der Waals surface area contributed by atoms with Crippen molar-refractivity contribution in [1.82, 2.24) is 0 Å². The molecular formula is C32H25NO5. The molecule has 0 N–H and O–H groups in total. The highest BCUT2D eigenvalue weighted by Crippen LogP contribution is 2.65. The van der Waals surface area contributed by atoms with E-state index in [4.69, 9.17) is 4.74 Å². The van der Waals surface area contributed by atoms with Gasteiger partial charge in [0.2, 0.25) is 11.8 Å². The Morgan fingerprint density at radius 2 is 1.32 bits per heavy atom. The van der Waals surface area contributed by atoms with Gasteiger partial charge in [0.1, 0.15) is 0 Å². The molecule has 6 heteroatoms. The third kappa shape index (κ3) is 3.47. The Morgan fingerprint density at radius 1 is 0.737 bits per heavy atom. The van der Waals surface area contributed by atoms with Crippen LogP contribution in [0.2, 0.25) is 0 Å². The summed E-state index contributed by atoms with van der Waals surface area (Å²) in [5.74, 6) is -1.07. The van der Waals surface area contributed by atoms with Gasteiger partial charge in [-0.15, -0.1) is 0 Å². The van der Waals surface area contributed by atoms with E-state index in [1.807, 2.05) is 42.5 Å². The lowest BCUT2D eigenvalue weighted by Crippen LogP contribution is -2.40. The van der Waals surface area contributed by atoms with Gasteiger partial charge in [-0.3, -0.25) is 14.4 Å². The Morgan fingerprint density at radius 3 is 1.97 bits per heavy atom. The van der Waals surface area contributed by atoms with Crippen LogP contribution in [0.3, 0.4) is 0 Å². The molecule has 3 aromatic rings. The van der Waals surface area contributed by atoms with E-state index in [1.54, 1.807) is 30.3 Å². The molecule has 2 saturated carbocycles. The number of rotatable bonds is 6. The van der Waals surface area contributed by atoms with Gasteiger partial charge < -0.3 is 4.74 Å². The molecule has 2 amide bonds. The van der Waals surface area contributed by atoms with E-state index in [1.165, 1.54) is 11.0 Å². The van der Waals surface area contributed by atoms with Crippen LogP contribution in [0, 0.1) is 35.5 Å². The van der Waals surface area contributed by atoms with Crippen molar-refractivity contribution in [2.75, 3.05) is 11.5 Å². The summed E-state index contributed by atoms with van der Waals surface area (Å²) in [6, 6.07) is 23.4. The first kappa shape index (κ1) is 22.8. The zero-order valence-corrected chi connectivity index (χ0v) is 20.5. The normalized spacial score (nSPS) is 28.2. The zero-order valence-electron chi connectivity index (χ0n) is 20.5. The standard InChI is InChI=1S/C32H25NO5/c34-27(20-12-10-19(11-13-20)18-6-2-1-3-7-18)17-38-32(37)23-8-4-5-9-26(23)33-30(35)28-21-14-15-22(25-16-24(21)25)29(28)31(33)36/h1-15,21-22,24-25,28-29H,16-17H2/t21-,22-,24-,25+,28+,29+/m0/s1. The number of esters is 1. The summed E-state index contributed by atoms with van der Waals surface area (Å²) in [5.41, 5.74) is 2.79. The van der Waals surface area contributed by atoms with Crippen molar-refractivity contribution in [3.05, 3.63) is 102 Å². The predicted octanol–water partition coefficient (Wildman–Crippen LogP) is 4.95. The van der Waals surface area contributed by atoms with Crippen LogP contribution in [-0.4, -0.2) is 30.2 Å². The van der Waals surface area contributed by atoms with Gasteiger partial charge >= 0.3 is 5.97 Å². The first-order chi connectivity index (χ1) is 18.5. The molecule has 3 aromatic carbocycles. The Labute approximate surface area is 219 Å². The second-order valence-electron chi connectivity index (χ2n) is 10.6. The summed E-state index contributed by atoms with van der Waals surface area (Å²) in [6.07, 6.45) is 5.32. The number of imide groups is 1. The lowest BCUT2D eigenvalue weighted by molar-refractivity contribution is -0.124. The molecule has 1 heterocycles. The summed E-state index contributed by atoms with van der Waals surface area (Å²) >= 11 is 0. The lowest BCUT2D eigenvalue weighted by atomic mass is 9.63. The van der Waals surface area contributed by atoms with Crippen LogP contribution in [0.5, 0.6) is 0 Å². The molecule has 5 aliphatic rings. The highest BCUT2D eigenvalue weighted by atomic mass is 16.5. The fourth-order valence-corrected chi connectivity index (χ4v) is 6.81. The first-order valence-corrected chi connectivity index (χ1v) is 13.0. The van der Waals surface area contributed by atoms with E-state index >= 15 is 0 Å². The molecule has 1 aliphatic heterocycles. The van der Waals surface area contributed by atoms with Gasteiger partial charge in [0, 0.05) is 5.56 Å². The number of carbonyl (C=O) groups excluding carboxylic acids is 4. The number of ether oxygens (including phenoxy) is 1. The van der Waals surface area contributed by atoms with Crippen molar-refractivity contribution in [2.24, 2.45) is 35.5 Å². The van der Waals surface area contributed by atoms with Crippen LogP contribution >= 0.6 is 0 Å². The van der Waals surface area contributed by atoms with Crippen LogP contribution < -0.4 is 4.90 Å². The highest BCUT2D eigenvalue weighted by Gasteiger charge is 2.67. The van der Waals surface area contributed by atoms with Crippen LogP contribution in [-0.2, 0) is 14.3 Å². The number of allylic oxidation sites excluding steroid dienone is 2. The van der Waals surface area contributed by atoms with Crippen molar-refractivity contribution < 1.29 is 23.9 Å². The van der Waals surface area contributed by atoms with Crippen molar-refractivity contribution in [3.8, 4) is 11.1 Å². The van der Waals surface area contributed by atoms with Crippen LogP contribution in [0.4, 0.5) is 5.69 Å². The fourth-order valence-electron chi connectivity index (χ4n) is 6.81. The molecule has 1 saturated heterocycles. The van der Waals surface area contributed by atoms with Gasteiger partial charge in [-0.2, -0.15) is 0 Å². The maximum Gasteiger partial charge on any atom is 0.340 e. The SMILES string of the molecule is O=C(COC(=O)c1ccccc1N1C(=O)[C@@H]2[C@H]3C=C[C@@H]([C@@H]4C[C@H]34)[C@H]2C1=O)c1ccc(-c2ccccc2)cc1. The van der Waals surface area contributed by atoms with Crippen molar-refractivity contribution >= 4 is 29.3 Å². The molecule has 0 radical (unpaired) electrons. The smallest absolute Gasteiger partial charge is 0.340 e. The lowest BCUT2D eigenvalue weighted by Gasteiger charge is -2.37. The topological polar surface area (TPSA) is 80.8 Å². The molecule has 188 valence electrons. The molecule has 0 aromatic heterocycles. The number of hydrogen-bond acceptors (Lipinski definition) is 5. The van der Waals surface area contributed by atoms with Crippen molar-refractivity contribution in [3.63, 3.8) is 0 Å². The number of hydrogen-bond donors (Lipinski definition) is 0. The Hall–Kier alpha value is -4.32. The molecule has 0 spiro atoms. The molecular weight excluding hydrogens is 478 g/mol. The average molecular weight is 504 g/mol. The molecule has 38 heavy (non-hydrogen) atoms. The molecule has 4 aliphatic carbocycles. The maximum absolute atomic E-state index is 13.5. The minimum atomic E-state index is -0.741. The Balaban J connectivity index is 1.07. The minimum Gasteiger partial charge on any atom is -0.454 e. The number of amides is 2. The minimum absolute atomic E-state index is 0.0986. The number of ketones is 1. The van der Waals surface area contributed by atoms with Crippen LogP contribution in [0.15, 0.2) is 91.0 Å². The summed E-state index contributed by atoms with van der Waals surface area (Å²) in [4.78, 5) is 54.1. The second-order valence-corrected chi connectivity index (χ2v) is 10.6. The maximum atomic E-state index is 13.5. The number of benzene rings is 3. The zero-order chi connectivity index (χ0) is 26.0. The van der Waals surface area contributed by atoms with E-state index in [-0.39, 0.29) is 52.5 Å². The summed E-state index contributed by atoms with van der Waals surface area (Å²) < 4.78 is 5.38. The van der Waals surface area contributed by atoms with Crippen molar-refractivity contribution in [1.29, 1.82) is 0 Å². The Bertz CT molecular complexity index is 1470. The number of anilines is 1. The number of Topliss-reactive ketones (excluding diaryl/α,β-unsaturated/α-hetero) is 1. The van der Waals surface area contributed by atoms with Crippen LogP contribution in [0.25, 0.3) is 11.1 Å². The molecule has 2 bridgehead atoms. The monoisotopic (exact) mass is 503 g/mol. The van der Waals surface area contributed by atoms with Crippen LogP contribution in [0.1, 0.15) is 27.1 Å². The van der Waals surface area contributed by atoms with E-state index < -0.39 is 12.6 Å². The van der Waals surface area contributed by atoms with Gasteiger partial charge in [0.15, 0.2) is 12.4 Å². The van der Waals surface area contributed by atoms with E-state index in [0.29, 0.717) is 17.4 Å². The number of carbonyl (C=O) groups is 4. The fraction of sp³-hybridized carbons (Fsp3) is 0.250. The quantitative estimate of drug-likeness (QED) is 0.206. The van der Waals surface area contributed by atoms with E-state index in [9.17, 15) is 19.2 Å². The van der Waals surface area contributed by atoms with E-state index in [2.05, 4.69) is 12.2 Å². The van der Waals surface area contributed by atoms with Gasteiger partial charge in [0.05, 0.1) is 23.1 Å². The first-order valence-electron chi connectivity index (χ1n) is 13.0. The largest absolute Gasteiger partial charge is 0.454 e. The average Bonchev–Trinajstić information content (AvgIpc) is 3.75. The third-order valence-corrected chi connectivity index (χ3v) is 8.68. The van der Waals surface area contributed by atoms with Gasteiger partial charge in [-0.25, -0.2) is 9.69 Å². The molecule has 6 atom stereocenters. The van der Waals surface area contributed by atoms with Gasteiger partial charge in [-0.1, -0.05) is 78.9 Å². The summed E-state index contributed by atoms with van der Waals surface area (Å²) in [7, 11) is 0. The van der Waals surface area contributed by atoms with E-state index in [0.717, 1.165) is 17.5 Å². The Kier molecular flexibility index (Phi) is 5.18. The van der Waals surface area contributed by atoms with Gasteiger partial charge in [-0.05, 0) is 53.4 Å². The molecule has 8 rings (SSSR count). The third-order valence-electron chi connectivity index (χ3n) is 8.68. The van der Waals surface area contributed by atoms with Crippen molar-refractivity contribution in [2.45, 2.75) is 6.42 Å². The molecule has 0 unspecified atom stereocenters. The molecule has 6 nitrogen and oxygen atoms in total. The summed E-state index contributed by atoms with van der Waals surface area (Å²) in [5, 5.41) is 0. The second kappa shape index (κ2) is 8.62. The molecule has 3 fully saturated rings. The predicted molar refractivity (Wildman–Crippen MR) is 140 cm³/mol.